The third kappa shape index (κ3) is 4.50. The van der Waals surface area contributed by atoms with Gasteiger partial charge in [-0.3, -0.25) is 9.63 Å². The number of carboxylic acid groups (broad SMARTS) is 1. The molecule has 10 nitrogen and oxygen atoms in total. The minimum absolute atomic E-state index is 0.00317. The largest absolute Gasteiger partial charge is 0.476 e. The van der Waals surface area contributed by atoms with Gasteiger partial charge < -0.3 is 15.3 Å². The molecular weight excluding hydrogens is 382 g/mol. The Morgan fingerprint density at radius 2 is 2.04 bits per heavy atom. The zero-order valence-electron chi connectivity index (χ0n) is 15.2. The third-order valence-corrected chi connectivity index (χ3v) is 5.21. The number of carbonyl (C=O) groups is 3. The van der Waals surface area contributed by atoms with E-state index >= 15 is 0 Å². The molecule has 0 unspecified atom stereocenters. The number of aliphatic carboxylic acids is 1. The molecule has 3 saturated heterocycles. The molecule has 2 bridgehead atoms. The average Bonchev–Trinajstić information content (AvgIpc) is 2.85. The molecule has 3 N–H and O–H groups in total. The fourth-order valence-electron chi connectivity index (χ4n) is 3.71. The molecule has 3 atom stereocenters. The summed E-state index contributed by atoms with van der Waals surface area (Å²) in [6.07, 6.45) is 0.193. The number of amides is 3. The number of nitrogens with zero attached hydrogens (tertiary/aromatic N) is 2. The van der Waals surface area contributed by atoms with E-state index in [0.29, 0.717) is 5.06 Å². The summed E-state index contributed by atoms with van der Waals surface area (Å²) in [7, 11) is 0. The van der Waals surface area contributed by atoms with Crippen LogP contribution in [0.2, 0.25) is 0 Å². The Kier molecular flexibility index (Phi) is 6.30. The van der Waals surface area contributed by atoms with Crippen molar-refractivity contribution in [3.63, 3.8) is 0 Å². The second kappa shape index (κ2) is 8.53. The van der Waals surface area contributed by atoms with E-state index in [1.54, 1.807) is 0 Å². The Labute approximate surface area is 160 Å². The fraction of sp³-hybridized carbons (Fsp3) is 0.812. The summed E-state index contributed by atoms with van der Waals surface area (Å²) in [6.45, 7) is 1.18. The smallest absolute Gasteiger partial charge is 0.475 e. The summed E-state index contributed by atoms with van der Waals surface area (Å²) < 4.78 is 26.6. The number of alkyl halides is 2. The summed E-state index contributed by atoms with van der Waals surface area (Å²) in [5.41, 5.74) is 2.33. The predicted molar refractivity (Wildman–Crippen MR) is 88.8 cm³/mol. The van der Waals surface area contributed by atoms with Gasteiger partial charge >= 0.3 is 18.1 Å². The van der Waals surface area contributed by atoms with Gasteiger partial charge in [0.1, 0.15) is 6.04 Å². The summed E-state index contributed by atoms with van der Waals surface area (Å²) in [4.78, 5) is 45.8. The molecule has 28 heavy (non-hydrogen) atoms. The van der Waals surface area contributed by atoms with E-state index in [1.807, 2.05) is 0 Å². The first-order valence-corrected chi connectivity index (χ1v) is 9.35. The molecule has 0 saturated carbocycles. The first-order chi connectivity index (χ1) is 13.3. The van der Waals surface area contributed by atoms with Crippen molar-refractivity contribution in [3.8, 4) is 0 Å². The molecule has 3 amide bonds. The number of carboxylic acids is 1. The Morgan fingerprint density at radius 1 is 1.25 bits per heavy atom. The van der Waals surface area contributed by atoms with Gasteiger partial charge in [0.15, 0.2) is 0 Å². The number of fused-ring (bicyclic) bond motifs is 2. The van der Waals surface area contributed by atoms with Gasteiger partial charge in [0.25, 0.3) is 5.91 Å². The van der Waals surface area contributed by atoms with Gasteiger partial charge in [0.05, 0.1) is 12.6 Å². The first-order valence-electron chi connectivity index (χ1n) is 9.35. The van der Waals surface area contributed by atoms with Crippen molar-refractivity contribution in [2.45, 2.75) is 62.8 Å². The van der Waals surface area contributed by atoms with E-state index in [1.165, 1.54) is 0 Å². The highest BCUT2D eigenvalue weighted by atomic mass is 19.3. The molecule has 3 heterocycles. The minimum atomic E-state index is -4.53. The van der Waals surface area contributed by atoms with Gasteiger partial charge in [-0.25, -0.2) is 15.1 Å². The number of halogens is 2. The van der Waals surface area contributed by atoms with E-state index in [4.69, 9.17) is 9.94 Å². The standard InChI is InChI=1S/C16H24F2N4O6/c17-16(18,14(24)25)28-22-11-5-6-12(21(8-11)15(22)26)13(23)20-27-9-10-4-2-1-3-7-19-10/h10-12,19H,1-9H2,(H,20,23)(H,24,25)/t10-,11-,12+/m1/s1. The maximum absolute atomic E-state index is 13.3. The quantitative estimate of drug-likeness (QED) is 0.525. The van der Waals surface area contributed by atoms with E-state index < -0.39 is 36.1 Å². The lowest BCUT2D eigenvalue weighted by Crippen LogP contribution is -2.50. The van der Waals surface area contributed by atoms with Crippen molar-refractivity contribution >= 4 is 17.9 Å². The Bertz CT molecular complexity index is 614. The highest BCUT2D eigenvalue weighted by molar-refractivity contribution is 5.88. The fourth-order valence-corrected chi connectivity index (χ4v) is 3.71. The maximum atomic E-state index is 13.3. The average molecular weight is 406 g/mol. The van der Waals surface area contributed by atoms with E-state index in [-0.39, 0.29) is 32.0 Å². The number of nitrogens with one attached hydrogen (secondary N) is 2. The summed E-state index contributed by atoms with van der Waals surface area (Å²) in [6, 6.07) is -2.46. The molecule has 3 rings (SSSR count). The van der Waals surface area contributed by atoms with Crippen LogP contribution in [0.4, 0.5) is 13.6 Å². The third-order valence-electron chi connectivity index (χ3n) is 5.21. The van der Waals surface area contributed by atoms with Crippen molar-refractivity contribution in [3.05, 3.63) is 0 Å². The van der Waals surface area contributed by atoms with Crippen LogP contribution in [0.1, 0.15) is 38.5 Å². The second-order valence-electron chi connectivity index (χ2n) is 7.20. The van der Waals surface area contributed by atoms with Crippen LogP contribution in [0, 0.1) is 0 Å². The Balaban J connectivity index is 1.51. The minimum Gasteiger partial charge on any atom is -0.475 e. The lowest BCUT2D eigenvalue weighted by Gasteiger charge is -2.29. The SMILES string of the molecule is O=C(NOC[C@H]1CCCCCN1)[C@@H]1CC[C@@H]2CN1C(=O)N2OC(F)(F)C(=O)O. The number of urea groups is 1. The number of piperidine rings is 1. The Morgan fingerprint density at radius 3 is 2.79 bits per heavy atom. The van der Waals surface area contributed by atoms with Crippen molar-refractivity contribution in [1.82, 2.24) is 20.8 Å². The van der Waals surface area contributed by atoms with Gasteiger partial charge in [-0.1, -0.05) is 12.8 Å². The normalized spacial score (nSPS) is 28.2. The van der Waals surface area contributed by atoms with Crippen LogP contribution in [-0.4, -0.2) is 76.9 Å². The van der Waals surface area contributed by atoms with Gasteiger partial charge in [0.2, 0.25) is 0 Å². The lowest BCUT2D eigenvalue weighted by atomic mass is 10.0. The van der Waals surface area contributed by atoms with E-state index in [0.717, 1.165) is 37.1 Å². The van der Waals surface area contributed by atoms with E-state index in [9.17, 15) is 23.2 Å². The van der Waals surface area contributed by atoms with Crippen LogP contribution >= 0.6 is 0 Å². The van der Waals surface area contributed by atoms with Crippen LogP contribution in [-0.2, 0) is 19.3 Å². The summed E-state index contributed by atoms with van der Waals surface area (Å²) in [5.74, 6) is -3.04. The second-order valence-corrected chi connectivity index (χ2v) is 7.20. The van der Waals surface area contributed by atoms with Crippen LogP contribution in [0.25, 0.3) is 0 Å². The zero-order valence-corrected chi connectivity index (χ0v) is 15.2. The van der Waals surface area contributed by atoms with Crippen molar-refractivity contribution in [1.29, 1.82) is 0 Å². The van der Waals surface area contributed by atoms with Gasteiger partial charge in [-0.15, -0.1) is 0 Å². The molecule has 0 aromatic carbocycles. The molecular formula is C16H24F2N4O6. The van der Waals surface area contributed by atoms with Gasteiger partial charge in [-0.2, -0.15) is 18.7 Å². The summed E-state index contributed by atoms with van der Waals surface area (Å²) in [5, 5.41) is 12.2. The van der Waals surface area contributed by atoms with Crippen LogP contribution in [0.5, 0.6) is 0 Å². The zero-order chi connectivity index (χ0) is 20.3. The highest BCUT2D eigenvalue weighted by Crippen LogP contribution is 2.33. The van der Waals surface area contributed by atoms with Crippen LogP contribution in [0.3, 0.4) is 0 Å². The number of carbonyl (C=O) groups excluding carboxylic acids is 2. The molecule has 0 aromatic rings. The number of hydrogen-bond donors (Lipinski definition) is 3. The molecule has 12 heteroatoms. The topological polar surface area (TPSA) is 120 Å². The Hall–Kier alpha value is -2.05. The molecule has 3 fully saturated rings. The molecule has 0 spiro atoms. The first kappa shape index (κ1) is 20.7. The van der Waals surface area contributed by atoms with Crippen molar-refractivity contribution in [2.24, 2.45) is 0 Å². The molecule has 0 radical (unpaired) electrons. The van der Waals surface area contributed by atoms with E-state index in [2.05, 4.69) is 15.6 Å². The van der Waals surface area contributed by atoms with Crippen molar-refractivity contribution in [2.75, 3.05) is 19.7 Å². The molecule has 158 valence electrons. The molecule has 0 aliphatic carbocycles. The molecule has 3 aliphatic heterocycles. The van der Waals surface area contributed by atoms with Gasteiger partial charge in [-0.05, 0) is 32.2 Å². The van der Waals surface area contributed by atoms with Gasteiger partial charge in [0, 0.05) is 12.6 Å². The van der Waals surface area contributed by atoms with Crippen molar-refractivity contribution < 1.29 is 37.9 Å². The van der Waals surface area contributed by atoms with Crippen LogP contribution in [0.15, 0.2) is 0 Å². The molecule has 3 aliphatic rings. The number of rotatable bonds is 7. The number of hydrogen-bond acceptors (Lipinski definition) is 6. The number of hydroxylamine groups is 3. The predicted octanol–water partition coefficient (Wildman–Crippen LogP) is 0.444. The lowest BCUT2D eigenvalue weighted by molar-refractivity contribution is -0.327. The highest BCUT2D eigenvalue weighted by Gasteiger charge is 2.53. The monoisotopic (exact) mass is 406 g/mol. The molecule has 0 aromatic heterocycles. The maximum Gasteiger partial charge on any atom is 0.476 e. The summed E-state index contributed by atoms with van der Waals surface area (Å²) >= 11 is 0. The van der Waals surface area contributed by atoms with Crippen LogP contribution < -0.4 is 10.8 Å².